The van der Waals surface area contributed by atoms with Gasteiger partial charge in [0.2, 0.25) is 0 Å². The molecule has 0 spiro atoms. The predicted molar refractivity (Wildman–Crippen MR) is 102 cm³/mol. The Morgan fingerprint density at radius 1 is 1.12 bits per heavy atom. The molecule has 1 fully saturated rings. The highest BCUT2D eigenvalue weighted by Gasteiger charge is 2.22. The minimum atomic E-state index is -0.460. The summed E-state index contributed by atoms with van der Waals surface area (Å²) in [5.41, 5.74) is 3.35. The van der Waals surface area contributed by atoms with E-state index in [1.807, 2.05) is 30.3 Å². The highest BCUT2D eigenvalue weighted by atomic mass is 16.5. The molecule has 138 valence electrons. The number of piperazine rings is 1. The number of methoxy groups -OCH3 is 1. The van der Waals surface area contributed by atoms with Gasteiger partial charge >= 0.3 is 0 Å². The van der Waals surface area contributed by atoms with E-state index in [2.05, 4.69) is 21.9 Å². The average Bonchev–Trinajstić information content (AvgIpc) is 3.16. The van der Waals surface area contributed by atoms with Crippen molar-refractivity contribution in [3.8, 4) is 11.5 Å². The molecule has 0 saturated carbocycles. The van der Waals surface area contributed by atoms with Crippen LogP contribution < -0.4 is 14.4 Å². The van der Waals surface area contributed by atoms with Gasteiger partial charge in [-0.1, -0.05) is 18.2 Å². The summed E-state index contributed by atoms with van der Waals surface area (Å²) >= 11 is 0. The molecule has 2 aromatic rings. The Bertz CT molecular complexity index is 757. The van der Waals surface area contributed by atoms with E-state index in [9.17, 15) is 5.11 Å². The number of para-hydroxylation sites is 2. The minimum absolute atomic E-state index is 0.460. The molecule has 0 bridgehead atoms. The second-order valence-electron chi connectivity index (χ2n) is 6.94. The first kappa shape index (κ1) is 17.2. The molecule has 0 radical (unpaired) electrons. The van der Waals surface area contributed by atoms with Gasteiger partial charge in [0.15, 0.2) is 0 Å². The Morgan fingerprint density at radius 3 is 2.73 bits per heavy atom. The van der Waals surface area contributed by atoms with E-state index >= 15 is 0 Å². The third kappa shape index (κ3) is 3.50. The van der Waals surface area contributed by atoms with Crippen LogP contribution in [0.3, 0.4) is 0 Å². The van der Waals surface area contributed by atoms with Crippen molar-refractivity contribution >= 4 is 5.69 Å². The van der Waals surface area contributed by atoms with Crippen LogP contribution in [0, 0.1) is 0 Å². The molecular formula is C21H26N2O3. The van der Waals surface area contributed by atoms with Gasteiger partial charge in [-0.05, 0) is 35.4 Å². The van der Waals surface area contributed by atoms with E-state index in [0.717, 1.165) is 62.0 Å². The molecule has 5 nitrogen and oxygen atoms in total. The number of benzene rings is 2. The van der Waals surface area contributed by atoms with Crippen LogP contribution in [-0.2, 0) is 6.42 Å². The lowest BCUT2D eigenvalue weighted by Gasteiger charge is -2.37. The second-order valence-corrected chi connectivity index (χ2v) is 6.94. The van der Waals surface area contributed by atoms with Gasteiger partial charge in [-0.25, -0.2) is 0 Å². The minimum Gasteiger partial charge on any atom is -0.495 e. The molecule has 1 N–H and O–H groups in total. The normalized spacial score (nSPS) is 18.3. The van der Waals surface area contributed by atoms with Crippen LogP contribution in [0.2, 0.25) is 0 Å². The highest BCUT2D eigenvalue weighted by molar-refractivity contribution is 5.58. The van der Waals surface area contributed by atoms with Crippen LogP contribution in [0.15, 0.2) is 42.5 Å². The first-order valence-corrected chi connectivity index (χ1v) is 9.28. The number of rotatable bonds is 5. The van der Waals surface area contributed by atoms with Gasteiger partial charge in [0.25, 0.3) is 0 Å². The molecular weight excluding hydrogens is 328 g/mol. The van der Waals surface area contributed by atoms with Gasteiger partial charge in [0.1, 0.15) is 11.5 Å². The molecule has 0 aromatic heterocycles. The topological polar surface area (TPSA) is 45.2 Å². The van der Waals surface area contributed by atoms with Crippen molar-refractivity contribution in [1.82, 2.24) is 4.90 Å². The SMILES string of the molecule is COc1ccccc1N1CCN(CC(O)c2ccc3c(c2)CCO3)CC1. The van der Waals surface area contributed by atoms with Gasteiger partial charge < -0.3 is 19.5 Å². The largest absolute Gasteiger partial charge is 0.495 e. The van der Waals surface area contributed by atoms with Crippen molar-refractivity contribution in [3.63, 3.8) is 0 Å². The van der Waals surface area contributed by atoms with Gasteiger partial charge in [0.05, 0.1) is 25.5 Å². The lowest BCUT2D eigenvalue weighted by Crippen LogP contribution is -2.47. The Hall–Kier alpha value is -2.24. The van der Waals surface area contributed by atoms with Crippen LogP contribution >= 0.6 is 0 Å². The van der Waals surface area contributed by atoms with Gasteiger partial charge in [-0.15, -0.1) is 0 Å². The maximum atomic E-state index is 10.7. The molecule has 1 atom stereocenters. The van der Waals surface area contributed by atoms with Crippen LogP contribution in [0.1, 0.15) is 17.2 Å². The third-order valence-corrected chi connectivity index (χ3v) is 5.33. The summed E-state index contributed by atoms with van der Waals surface area (Å²) in [6.07, 6.45) is 0.478. The Balaban J connectivity index is 1.35. The molecule has 26 heavy (non-hydrogen) atoms. The quantitative estimate of drug-likeness (QED) is 0.894. The predicted octanol–water partition coefficient (Wildman–Crippen LogP) is 2.49. The number of ether oxygens (including phenoxy) is 2. The van der Waals surface area contributed by atoms with Gasteiger partial charge in [-0.2, -0.15) is 0 Å². The lowest BCUT2D eigenvalue weighted by atomic mass is 10.0. The molecule has 5 heteroatoms. The van der Waals surface area contributed by atoms with E-state index in [1.165, 1.54) is 5.56 Å². The Kier molecular flexibility index (Phi) is 5.00. The number of hydrogen-bond acceptors (Lipinski definition) is 5. The smallest absolute Gasteiger partial charge is 0.142 e. The number of nitrogens with zero attached hydrogens (tertiary/aromatic N) is 2. The van der Waals surface area contributed by atoms with Crippen molar-refractivity contribution in [2.24, 2.45) is 0 Å². The molecule has 4 rings (SSSR count). The fraction of sp³-hybridized carbons (Fsp3) is 0.429. The molecule has 2 aliphatic rings. The van der Waals surface area contributed by atoms with Crippen molar-refractivity contribution in [2.75, 3.05) is 51.3 Å². The zero-order valence-corrected chi connectivity index (χ0v) is 15.2. The fourth-order valence-electron chi connectivity index (χ4n) is 3.83. The highest BCUT2D eigenvalue weighted by Crippen LogP contribution is 2.30. The van der Waals surface area contributed by atoms with Crippen LogP contribution in [-0.4, -0.2) is 56.4 Å². The monoisotopic (exact) mass is 354 g/mol. The van der Waals surface area contributed by atoms with Crippen molar-refractivity contribution < 1.29 is 14.6 Å². The van der Waals surface area contributed by atoms with Crippen molar-refractivity contribution in [2.45, 2.75) is 12.5 Å². The summed E-state index contributed by atoms with van der Waals surface area (Å²) < 4.78 is 11.0. The average molecular weight is 354 g/mol. The number of β-amino-alcohol motifs (C(OH)–C–C–N with tert-alkyl or cyclic N) is 1. The van der Waals surface area contributed by atoms with E-state index in [1.54, 1.807) is 7.11 Å². The van der Waals surface area contributed by atoms with Gasteiger partial charge in [0, 0.05) is 39.1 Å². The second kappa shape index (κ2) is 7.56. The number of aliphatic hydroxyl groups is 1. The first-order valence-electron chi connectivity index (χ1n) is 9.28. The summed E-state index contributed by atoms with van der Waals surface area (Å²) in [4.78, 5) is 4.69. The lowest BCUT2D eigenvalue weighted by molar-refractivity contribution is 0.109. The summed E-state index contributed by atoms with van der Waals surface area (Å²) in [6.45, 7) is 5.15. The van der Waals surface area contributed by atoms with Gasteiger partial charge in [-0.3, -0.25) is 4.90 Å². The van der Waals surface area contributed by atoms with Crippen LogP contribution in [0.4, 0.5) is 5.69 Å². The van der Waals surface area contributed by atoms with E-state index in [-0.39, 0.29) is 0 Å². The number of aliphatic hydroxyl groups excluding tert-OH is 1. The Morgan fingerprint density at radius 2 is 1.92 bits per heavy atom. The van der Waals surface area contributed by atoms with Crippen molar-refractivity contribution in [3.05, 3.63) is 53.6 Å². The third-order valence-electron chi connectivity index (χ3n) is 5.33. The summed E-state index contributed by atoms with van der Waals surface area (Å²) in [5, 5.41) is 10.7. The van der Waals surface area contributed by atoms with E-state index in [4.69, 9.17) is 9.47 Å². The molecule has 2 aliphatic heterocycles. The molecule has 1 unspecified atom stereocenters. The maximum absolute atomic E-state index is 10.7. The summed E-state index contributed by atoms with van der Waals surface area (Å²) in [7, 11) is 1.72. The summed E-state index contributed by atoms with van der Waals surface area (Å²) in [5.74, 6) is 1.88. The number of anilines is 1. The molecule has 0 amide bonds. The van der Waals surface area contributed by atoms with Crippen LogP contribution in [0.25, 0.3) is 0 Å². The summed E-state index contributed by atoms with van der Waals surface area (Å²) in [6, 6.07) is 14.2. The fourth-order valence-corrected chi connectivity index (χ4v) is 3.83. The van der Waals surface area contributed by atoms with E-state index in [0.29, 0.717) is 6.54 Å². The number of fused-ring (bicyclic) bond motifs is 1. The zero-order chi connectivity index (χ0) is 17.9. The molecule has 0 aliphatic carbocycles. The molecule has 2 heterocycles. The standard InChI is InChI=1S/C21H26N2O3/c1-25-21-5-3-2-4-18(21)23-11-9-22(10-12-23)15-19(24)16-6-7-20-17(14-16)8-13-26-20/h2-7,14,19,24H,8-13,15H2,1H3. The molecule has 1 saturated heterocycles. The first-order chi connectivity index (χ1) is 12.7. The van der Waals surface area contributed by atoms with Crippen molar-refractivity contribution in [1.29, 1.82) is 0 Å². The van der Waals surface area contributed by atoms with E-state index < -0.39 is 6.10 Å². The van der Waals surface area contributed by atoms with Crippen LogP contribution in [0.5, 0.6) is 11.5 Å². The number of hydrogen-bond donors (Lipinski definition) is 1. The zero-order valence-electron chi connectivity index (χ0n) is 15.2. The molecule has 2 aromatic carbocycles. The maximum Gasteiger partial charge on any atom is 0.142 e. The Labute approximate surface area is 154 Å².